The monoisotopic (exact) mass is 314 g/mol. The Kier molecular flexibility index (Phi) is 5.86. The molecule has 5 heteroatoms. The summed E-state index contributed by atoms with van der Waals surface area (Å²) in [7, 11) is 0. The van der Waals surface area contributed by atoms with Gasteiger partial charge in [0.05, 0.1) is 6.42 Å². The van der Waals surface area contributed by atoms with E-state index in [1.807, 2.05) is 30.3 Å². The van der Waals surface area contributed by atoms with Gasteiger partial charge in [0.2, 0.25) is 11.8 Å². The quantitative estimate of drug-likeness (QED) is 0.820. The number of benzene rings is 2. The van der Waals surface area contributed by atoms with Crippen molar-refractivity contribution >= 4 is 11.8 Å². The number of halogens is 1. The Balaban J connectivity index is 1.89. The lowest BCUT2D eigenvalue weighted by atomic mass is 10.0. The van der Waals surface area contributed by atoms with E-state index in [-0.39, 0.29) is 18.1 Å². The lowest BCUT2D eigenvalue weighted by Crippen LogP contribution is -2.45. The molecule has 0 unspecified atom stereocenters. The standard InChI is InChI=1S/C18H19FN2O2/c19-15-9-6-14(7-10-15)12-17(22)21-16(18(20)23)11-8-13-4-2-1-3-5-13/h1-7,9-10,16H,8,11-12H2,(H2,20,23)(H,21,22)/t16-/m1/s1. The summed E-state index contributed by atoms with van der Waals surface area (Å²) in [6.07, 6.45) is 1.16. The first kappa shape index (κ1) is 16.7. The first-order chi connectivity index (χ1) is 11.0. The van der Waals surface area contributed by atoms with Gasteiger partial charge in [0, 0.05) is 0 Å². The first-order valence-electron chi connectivity index (χ1n) is 7.41. The van der Waals surface area contributed by atoms with Gasteiger partial charge in [-0.15, -0.1) is 0 Å². The average Bonchev–Trinajstić information content (AvgIpc) is 2.54. The van der Waals surface area contributed by atoms with E-state index in [4.69, 9.17) is 5.73 Å². The summed E-state index contributed by atoms with van der Waals surface area (Å²) >= 11 is 0. The molecule has 0 fully saturated rings. The Morgan fingerprint density at radius 1 is 1.00 bits per heavy atom. The number of nitrogens with one attached hydrogen (secondary N) is 1. The number of aryl methyl sites for hydroxylation is 1. The third-order valence-electron chi connectivity index (χ3n) is 3.52. The van der Waals surface area contributed by atoms with Crippen LogP contribution in [-0.2, 0) is 22.4 Å². The van der Waals surface area contributed by atoms with Crippen molar-refractivity contribution in [3.63, 3.8) is 0 Å². The Morgan fingerprint density at radius 3 is 2.26 bits per heavy atom. The highest BCUT2D eigenvalue weighted by Gasteiger charge is 2.18. The fourth-order valence-corrected chi connectivity index (χ4v) is 2.27. The number of rotatable bonds is 7. The molecule has 0 aliphatic heterocycles. The minimum Gasteiger partial charge on any atom is -0.368 e. The van der Waals surface area contributed by atoms with Gasteiger partial charge in [-0.2, -0.15) is 0 Å². The Hall–Kier alpha value is -2.69. The summed E-state index contributed by atoms with van der Waals surface area (Å²) in [5, 5.41) is 2.64. The van der Waals surface area contributed by atoms with Crippen molar-refractivity contribution in [2.24, 2.45) is 5.73 Å². The molecule has 4 nitrogen and oxygen atoms in total. The molecule has 2 aromatic carbocycles. The molecule has 1 atom stereocenters. The van der Waals surface area contributed by atoms with E-state index in [1.54, 1.807) is 0 Å². The average molecular weight is 314 g/mol. The zero-order valence-corrected chi connectivity index (χ0v) is 12.7. The smallest absolute Gasteiger partial charge is 0.240 e. The van der Waals surface area contributed by atoms with E-state index < -0.39 is 11.9 Å². The molecule has 3 N–H and O–H groups in total. The van der Waals surface area contributed by atoms with Crippen molar-refractivity contribution in [1.82, 2.24) is 5.32 Å². The number of carbonyl (C=O) groups is 2. The van der Waals surface area contributed by atoms with Gasteiger partial charge in [-0.3, -0.25) is 9.59 Å². The third-order valence-corrected chi connectivity index (χ3v) is 3.52. The normalized spacial score (nSPS) is 11.7. The molecule has 0 saturated carbocycles. The summed E-state index contributed by atoms with van der Waals surface area (Å²) in [6, 6.07) is 14.6. The number of hydrogen-bond donors (Lipinski definition) is 2. The minimum atomic E-state index is -0.719. The predicted octanol–water partition coefficient (Wildman–Crippen LogP) is 1.97. The lowest BCUT2D eigenvalue weighted by Gasteiger charge is -2.15. The highest BCUT2D eigenvalue weighted by molar-refractivity contribution is 5.87. The number of nitrogens with two attached hydrogens (primary N) is 1. The van der Waals surface area contributed by atoms with Crippen molar-refractivity contribution in [3.05, 3.63) is 71.5 Å². The molecule has 0 spiro atoms. The molecule has 23 heavy (non-hydrogen) atoms. The lowest BCUT2D eigenvalue weighted by molar-refractivity contribution is -0.127. The maximum absolute atomic E-state index is 12.8. The maximum atomic E-state index is 12.8. The third kappa shape index (κ3) is 5.54. The van der Waals surface area contributed by atoms with E-state index in [1.165, 1.54) is 24.3 Å². The predicted molar refractivity (Wildman–Crippen MR) is 86.0 cm³/mol. The first-order valence-corrected chi connectivity index (χ1v) is 7.41. The van der Waals surface area contributed by atoms with Crippen LogP contribution in [0.4, 0.5) is 4.39 Å². The minimum absolute atomic E-state index is 0.0788. The summed E-state index contributed by atoms with van der Waals surface area (Å²) in [6.45, 7) is 0. The molecule has 0 aromatic heterocycles. The molecular weight excluding hydrogens is 295 g/mol. The summed E-state index contributed by atoms with van der Waals surface area (Å²) < 4.78 is 12.8. The van der Waals surface area contributed by atoms with Crippen LogP contribution in [0.15, 0.2) is 54.6 Å². The SMILES string of the molecule is NC(=O)[C@@H](CCc1ccccc1)NC(=O)Cc1ccc(F)cc1. The zero-order valence-electron chi connectivity index (χ0n) is 12.7. The molecular formula is C18H19FN2O2. The second kappa shape index (κ2) is 8.08. The summed E-state index contributed by atoms with van der Waals surface area (Å²) in [4.78, 5) is 23.5. The molecule has 0 aliphatic carbocycles. The van der Waals surface area contributed by atoms with E-state index in [2.05, 4.69) is 5.32 Å². The van der Waals surface area contributed by atoms with Crippen LogP contribution in [0.5, 0.6) is 0 Å². The van der Waals surface area contributed by atoms with Gasteiger partial charge in [-0.05, 0) is 36.1 Å². The molecule has 120 valence electrons. The number of hydrogen-bond acceptors (Lipinski definition) is 2. The van der Waals surface area contributed by atoms with Gasteiger partial charge in [-0.25, -0.2) is 4.39 Å². The molecule has 0 radical (unpaired) electrons. The van der Waals surface area contributed by atoms with E-state index in [9.17, 15) is 14.0 Å². The van der Waals surface area contributed by atoms with Crippen molar-refractivity contribution in [2.75, 3.05) is 0 Å². The Bertz CT molecular complexity index is 656. The second-order valence-electron chi connectivity index (χ2n) is 5.35. The van der Waals surface area contributed by atoms with Gasteiger partial charge in [0.25, 0.3) is 0 Å². The van der Waals surface area contributed by atoms with Gasteiger partial charge in [-0.1, -0.05) is 42.5 Å². The molecule has 0 heterocycles. The van der Waals surface area contributed by atoms with Crippen LogP contribution in [0, 0.1) is 5.82 Å². The van der Waals surface area contributed by atoms with Gasteiger partial charge < -0.3 is 11.1 Å². The van der Waals surface area contributed by atoms with Crippen LogP contribution in [-0.4, -0.2) is 17.9 Å². The van der Waals surface area contributed by atoms with Gasteiger partial charge in [0.1, 0.15) is 11.9 Å². The van der Waals surface area contributed by atoms with E-state index in [0.717, 1.165) is 5.56 Å². The molecule has 2 rings (SSSR count). The molecule has 2 amide bonds. The highest BCUT2D eigenvalue weighted by atomic mass is 19.1. The van der Waals surface area contributed by atoms with Crippen LogP contribution < -0.4 is 11.1 Å². The zero-order chi connectivity index (χ0) is 16.7. The molecule has 0 bridgehead atoms. The fourth-order valence-electron chi connectivity index (χ4n) is 2.27. The number of amides is 2. The number of carbonyl (C=O) groups excluding carboxylic acids is 2. The highest BCUT2D eigenvalue weighted by Crippen LogP contribution is 2.07. The van der Waals surface area contributed by atoms with Crippen LogP contribution in [0.2, 0.25) is 0 Å². The summed E-state index contributed by atoms with van der Waals surface area (Å²) in [5.41, 5.74) is 7.11. The van der Waals surface area contributed by atoms with Crippen LogP contribution in [0.25, 0.3) is 0 Å². The molecule has 2 aromatic rings. The molecule has 0 saturated heterocycles. The fraction of sp³-hybridized carbons (Fsp3) is 0.222. The van der Waals surface area contributed by atoms with Crippen molar-refractivity contribution in [2.45, 2.75) is 25.3 Å². The Morgan fingerprint density at radius 2 is 1.65 bits per heavy atom. The largest absolute Gasteiger partial charge is 0.368 e. The van der Waals surface area contributed by atoms with Crippen LogP contribution in [0.3, 0.4) is 0 Å². The topological polar surface area (TPSA) is 72.2 Å². The van der Waals surface area contributed by atoms with Crippen molar-refractivity contribution in [3.8, 4) is 0 Å². The van der Waals surface area contributed by atoms with Crippen LogP contribution >= 0.6 is 0 Å². The maximum Gasteiger partial charge on any atom is 0.240 e. The summed E-state index contributed by atoms with van der Waals surface area (Å²) in [5.74, 6) is -1.23. The molecule has 0 aliphatic rings. The van der Waals surface area contributed by atoms with Gasteiger partial charge in [0.15, 0.2) is 0 Å². The van der Waals surface area contributed by atoms with E-state index >= 15 is 0 Å². The Labute approximate surface area is 134 Å². The van der Waals surface area contributed by atoms with Gasteiger partial charge >= 0.3 is 0 Å². The van der Waals surface area contributed by atoms with E-state index in [0.29, 0.717) is 18.4 Å². The second-order valence-corrected chi connectivity index (χ2v) is 5.35. The van der Waals surface area contributed by atoms with Crippen molar-refractivity contribution < 1.29 is 14.0 Å². The van der Waals surface area contributed by atoms with Crippen LogP contribution in [0.1, 0.15) is 17.5 Å². The number of primary amides is 1. The van der Waals surface area contributed by atoms with Crippen molar-refractivity contribution in [1.29, 1.82) is 0 Å².